The number of rotatable bonds is 6. The number of para-hydroxylation sites is 1. The van der Waals surface area contributed by atoms with E-state index in [4.69, 9.17) is 0 Å². The number of carbonyl (C=O) groups is 2. The summed E-state index contributed by atoms with van der Waals surface area (Å²) in [5.41, 5.74) is 3.35. The van der Waals surface area contributed by atoms with Crippen LogP contribution in [0.4, 0.5) is 10.1 Å². The standard InChI is InChI=1S/C26H23FN2O2S/c1-18-7-6-8-19(15-18)13-14-28-25(30)17-29-22-11-4-5-12-23(22)32-24(26(29)31)16-20-9-2-3-10-21(20)27/h2-12,15-16H,13-14,17H2,1H3,(H,28,30). The third-order valence-corrected chi connectivity index (χ3v) is 6.22. The molecule has 4 rings (SSSR count). The summed E-state index contributed by atoms with van der Waals surface area (Å²) in [5, 5.41) is 2.90. The van der Waals surface area contributed by atoms with E-state index < -0.39 is 5.82 Å². The molecule has 0 aromatic heterocycles. The van der Waals surface area contributed by atoms with Crippen molar-refractivity contribution < 1.29 is 14.0 Å². The lowest BCUT2D eigenvalue weighted by Gasteiger charge is -2.29. The van der Waals surface area contributed by atoms with Gasteiger partial charge in [0.05, 0.1) is 10.6 Å². The summed E-state index contributed by atoms with van der Waals surface area (Å²) in [5.74, 6) is -0.948. The number of halogens is 1. The van der Waals surface area contributed by atoms with Crippen LogP contribution in [0, 0.1) is 12.7 Å². The van der Waals surface area contributed by atoms with E-state index in [1.54, 1.807) is 24.3 Å². The molecule has 0 saturated heterocycles. The molecule has 1 aliphatic rings. The lowest BCUT2D eigenvalue weighted by molar-refractivity contribution is -0.122. The molecular formula is C26H23FN2O2S. The summed E-state index contributed by atoms with van der Waals surface area (Å²) in [6, 6.07) is 21.9. The number of fused-ring (bicyclic) bond motifs is 1. The van der Waals surface area contributed by atoms with Gasteiger partial charge in [0.2, 0.25) is 5.91 Å². The summed E-state index contributed by atoms with van der Waals surface area (Å²) in [6.07, 6.45) is 2.26. The van der Waals surface area contributed by atoms with Crippen LogP contribution in [0.1, 0.15) is 16.7 Å². The maximum Gasteiger partial charge on any atom is 0.265 e. The zero-order chi connectivity index (χ0) is 22.5. The first kappa shape index (κ1) is 21.8. The number of anilines is 1. The third-order valence-electron chi connectivity index (χ3n) is 5.14. The number of thioether (sulfide) groups is 1. The van der Waals surface area contributed by atoms with Crippen LogP contribution >= 0.6 is 11.8 Å². The Bertz CT molecular complexity index is 1190. The molecule has 0 atom stereocenters. The van der Waals surface area contributed by atoms with Crippen molar-refractivity contribution in [1.29, 1.82) is 0 Å². The Labute approximate surface area is 191 Å². The zero-order valence-electron chi connectivity index (χ0n) is 17.7. The predicted octanol–water partition coefficient (Wildman–Crippen LogP) is 4.97. The molecule has 2 amide bonds. The maximum atomic E-state index is 14.1. The van der Waals surface area contributed by atoms with Gasteiger partial charge in [-0.3, -0.25) is 14.5 Å². The maximum absolute atomic E-state index is 14.1. The number of carbonyl (C=O) groups excluding carboxylic acids is 2. The molecule has 0 radical (unpaired) electrons. The largest absolute Gasteiger partial charge is 0.354 e. The minimum absolute atomic E-state index is 0.0984. The summed E-state index contributed by atoms with van der Waals surface area (Å²) in [7, 11) is 0. The van der Waals surface area contributed by atoms with Crippen LogP contribution in [-0.2, 0) is 16.0 Å². The normalized spacial score (nSPS) is 14.4. The van der Waals surface area contributed by atoms with E-state index >= 15 is 0 Å². The van der Waals surface area contributed by atoms with Crippen molar-refractivity contribution in [3.63, 3.8) is 0 Å². The Kier molecular flexibility index (Phi) is 6.71. The number of aryl methyl sites for hydroxylation is 1. The molecule has 0 unspecified atom stereocenters. The van der Waals surface area contributed by atoms with Crippen molar-refractivity contribution in [2.45, 2.75) is 18.2 Å². The fraction of sp³-hybridized carbons (Fsp3) is 0.154. The second kappa shape index (κ2) is 9.83. The van der Waals surface area contributed by atoms with Crippen LogP contribution in [0.5, 0.6) is 0 Å². The van der Waals surface area contributed by atoms with E-state index in [0.717, 1.165) is 10.5 Å². The number of nitrogens with zero attached hydrogens (tertiary/aromatic N) is 1. The fourth-order valence-electron chi connectivity index (χ4n) is 3.57. The minimum atomic E-state index is -0.396. The summed E-state index contributed by atoms with van der Waals surface area (Å²) in [4.78, 5) is 28.5. The zero-order valence-corrected chi connectivity index (χ0v) is 18.5. The number of hydrogen-bond donors (Lipinski definition) is 1. The van der Waals surface area contributed by atoms with Gasteiger partial charge in [-0.1, -0.05) is 71.9 Å². The van der Waals surface area contributed by atoms with Gasteiger partial charge in [-0.25, -0.2) is 4.39 Å². The Morgan fingerprint density at radius 2 is 1.84 bits per heavy atom. The molecule has 32 heavy (non-hydrogen) atoms. The molecular weight excluding hydrogens is 423 g/mol. The van der Waals surface area contributed by atoms with E-state index in [9.17, 15) is 14.0 Å². The van der Waals surface area contributed by atoms with Gasteiger partial charge >= 0.3 is 0 Å². The van der Waals surface area contributed by atoms with Crippen molar-refractivity contribution >= 4 is 35.3 Å². The Hall–Kier alpha value is -3.38. The van der Waals surface area contributed by atoms with Gasteiger partial charge in [-0.2, -0.15) is 0 Å². The highest BCUT2D eigenvalue weighted by Crippen LogP contribution is 2.42. The highest BCUT2D eigenvalue weighted by atomic mass is 32.2. The van der Waals surface area contributed by atoms with Crippen molar-refractivity contribution in [2.24, 2.45) is 0 Å². The van der Waals surface area contributed by atoms with Crippen molar-refractivity contribution in [3.05, 3.63) is 100 Å². The predicted molar refractivity (Wildman–Crippen MR) is 127 cm³/mol. The molecule has 6 heteroatoms. The molecule has 0 spiro atoms. The van der Waals surface area contributed by atoms with Crippen LogP contribution in [0.3, 0.4) is 0 Å². The van der Waals surface area contributed by atoms with Crippen LogP contribution in [0.2, 0.25) is 0 Å². The molecule has 4 nitrogen and oxygen atoms in total. The Morgan fingerprint density at radius 1 is 1.06 bits per heavy atom. The molecule has 3 aromatic rings. The molecule has 3 aromatic carbocycles. The lowest BCUT2D eigenvalue weighted by atomic mass is 10.1. The van der Waals surface area contributed by atoms with Gasteiger partial charge in [-0.05, 0) is 43.2 Å². The summed E-state index contributed by atoms with van der Waals surface area (Å²) >= 11 is 1.29. The highest BCUT2D eigenvalue weighted by Gasteiger charge is 2.30. The van der Waals surface area contributed by atoms with Crippen LogP contribution in [0.15, 0.2) is 82.6 Å². The van der Waals surface area contributed by atoms with Gasteiger partial charge in [0.15, 0.2) is 0 Å². The lowest BCUT2D eigenvalue weighted by Crippen LogP contribution is -2.43. The first-order valence-electron chi connectivity index (χ1n) is 10.4. The monoisotopic (exact) mass is 446 g/mol. The molecule has 162 valence electrons. The van der Waals surface area contributed by atoms with E-state index in [-0.39, 0.29) is 18.4 Å². The second-order valence-corrected chi connectivity index (χ2v) is 8.66. The number of nitrogens with one attached hydrogen (secondary N) is 1. The van der Waals surface area contributed by atoms with Gasteiger partial charge < -0.3 is 5.32 Å². The molecule has 1 N–H and O–H groups in total. The van der Waals surface area contributed by atoms with Gasteiger partial charge in [0, 0.05) is 17.0 Å². The average molecular weight is 447 g/mol. The summed E-state index contributed by atoms with van der Waals surface area (Å²) in [6.45, 7) is 2.42. The minimum Gasteiger partial charge on any atom is -0.354 e. The number of hydrogen-bond acceptors (Lipinski definition) is 3. The van der Waals surface area contributed by atoms with Gasteiger partial charge in [-0.15, -0.1) is 0 Å². The Morgan fingerprint density at radius 3 is 2.66 bits per heavy atom. The van der Waals surface area contributed by atoms with Crippen molar-refractivity contribution in [2.75, 3.05) is 18.0 Å². The molecule has 0 saturated carbocycles. The van der Waals surface area contributed by atoms with Crippen molar-refractivity contribution in [1.82, 2.24) is 5.32 Å². The SMILES string of the molecule is Cc1cccc(CCNC(=O)CN2C(=O)C(=Cc3ccccc3F)Sc3ccccc32)c1. The smallest absolute Gasteiger partial charge is 0.265 e. The van der Waals surface area contributed by atoms with Gasteiger partial charge in [0.25, 0.3) is 5.91 Å². The number of amides is 2. The van der Waals surface area contributed by atoms with Gasteiger partial charge in [0.1, 0.15) is 12.4 Å². The van der Waals surface area contributed by atoms with E-state index in [2.05, 4.69) is 11.4 Å². The van der Waals surface area contributed by atoms with Crippen LogP contribution in [0.25, 0.3) is 6.08 Å². The molecule has 0 aliphatic carbocycles. The fourth-order valence-corrected chi connectivity index (χ4v) is 4.62. The summed E-state index contributed by atoms with van der Waals surface area (Å²) < 4.78 is 14.1. The third kappa shape index (κ3) is 5.08. The van der Waals surface area contributed by atoms with Crippen LogP contribution in [-0.4, -0.2) is 24.9 Å². The second-order valence-electron chi connectivity index (χ2n) is 7.58. The molecule has 0 bridgehead atoms. The molecule has 1 aliphatic heterocycles. The first-order chi connectivity index (χ1) is 15.5. The quantitative estimate of drug-likeness (QED) is 0.544. The van der Waals surface area contributed by atoms with E-state index in [1.807, 2.05) is 49.4 Å². The van der Waals surface area contributed by atoms with E-state index in [0.29, 0.717) is 29.1 Å². The van der Waals surface area contributed by atoms with Crippen molar-refractivity contribution in [3.8, 4) is 0 Å². The number of benzene rings is 3. The molecule has 0 fully saturated rings. The van der Waals surface area contributed by atoms with Crippen LogP contribution < -0.4 is 10.2 Å². The first-order valence-corrected chi connectivity index (χ1v) is 11.2. The highest BCUT2D eigenvalue weighted by molar-refractivity contribution is 8.04. The van der Waals surface area contributed by atoms with E-state index in [1.165, 1.54) is 28.3 Å². The topological polar surface area (TPSA) is 49.4 Å². The molecule has 1 heterocycles. The Balaban J connectivity index is 1.49. The average Bonchev–Trinajstić information content (AvgIpc) is 2.78.